The molecule has 0 aliphatic heterocycles. The second kappa shape index (κ2) is 5.61. The van der Waals surface area contributed by atoms with Gasteiger partial charge in [0.2, 0.25) is 10.0 Å². The Kier molecular flexibility index (Phi) is 4.43. The molecule has 0 unspecified atom stereocenters. The van der Waals surface area contributed by atoms with Gasteiger partial charge in [0.1, 0.15) is 17.4 Å². The SMILES string of the molecule is N#Cc1c(F)cccc1NS(=O)(=O)CCCN. The first-order chi connectivity index (χ1) is 8.00. The number of halogens is 1. The average molecular weight is 257 g/mol. The number of nitrogens with two attached hydrogens (primary N) is 1. The summed E-state index contributed by atoms with van der Waals surface area (Å²) in [4.78, 5) is 0. The molecule has 0 atom stereocenters. The summed E-state index contributed by atoms with van der Waals surface area (Å²) in [5, 5.41) is 8.73. The lowest BCUT2D eigenvalue weighted by atomic mass is 10.2. The second-order valence-corrected chi connectivity index (χ2v) is 5.18. The largest absolute Gasteiger partial charge is 0.330 e. The molecule has 0 heterocycles. The van der Waals surface area contributed by atoms with Gasteiger partial charge in [-0.15, -0.1) is 0 Å². The van der Waals surface area contributed by atoms with Crippen molar-refractivity contribution in [3.63, 3.8) is 0 Å². The number of nitriles is 1. The van der Waals surface area contributed by atoms with Gasteiger partial charge < -0.3 is 5.73 Å². The van der Waals surface area contributed by atoms with Gasteiger partial charge in [0, 0.05) is 0 Å². The molecule has 1 aromatic carbocycles. The van der Waals surface area contributed by atoms with Gasteiger partial charge in [-0.2, -0.15) is 5.26 Å². The predicted molar refractivity (Wildman–Crippen MR) is 62.2 cm³/mol. The van der Waals surface area contributed by atoms with Crippen LogP contribution in [0.1, 0.15) is 12.0 Å². The lowest BCUT2D eigenvalue weighted by Crippen LogP contribution is -2.19. The Hall–Kier alpha value is -1.65. The molecule has 5 nitrogen and oxygen atoms in total. The van der Waals surface area contributed by atoms with Crippen molar-refractivity contribution >= 4 is 15.7 Å². The highest BCUT2D eigenvalue weighted by molar-refractivity contribution is 7.92. The summed E-state index contributed by atoms with van der Waals surface area (Å²) in [7, 11) is -3.59. The van der Waals surface area contributed by atoms with Crippen molar-refractivity contribution in [3.05, 3.63) is 29.6 Å². The molecule has 0 aromatic heterocycles. The summed E-state index contributed by atoms with van der Waals surface area (Å²) in [6.07, 6.45) is 0.298. The van der Waals surface area contributed by atoms with Gasteiger partial charge in [0.25, 0.3) is 0 Å². The molecule has 3 N–H and O–H groups in total. The third-order valence-corrected chi connectivity index (χ3v) is 3.37. The number of anilines is 1. The predicted octanol–water partition coefficient (Wildman–Crippen LogP) is 0.788. The third kappa shape index (κ3) is 3.69. The molecule has 92 valence electrons. The van der Waals surface area contributed by atoms with E-state index in [1.165, 1.54) is 12.1 Å². The molecular formula is C10H12FN3O2S. The summed E-state index contributed by atoms with van der Waals surface area (Å²) >= 11 is 0. The van der Waals surface area contributed by atoms with Crippen molar-refractivity contribution in [1.29, 1.82) is 5.26 Å². The number of nitrogens with zero attached hydrogens (tertiary/aromatic N) is 1. The molecule has 0 fully saturated rings. The first kappa shape index (κ1) is 13.4. The van der Waals surface area contributed by atoms with Gasteiger partial charge in [-0.05, 0) is 25.1 Å². The monoisotopic (exact) mass is 257 g/mol. The summed E-state index contributed by atoms with van der Waals surface area (Å²) in [6.45, 7) is 0.245. The zero-order valence-electron chi connectivity index (χ0n) is 8.98. The van der Waals surface area contributed by atoms with Crippen molar-refractivity contribution in [1.82, 2.24) is 0 Å². The standard InChI is InChI=1S/C10H12FN3O2S/c11-9-3-1-4-10(8(9)7-13)14-17(15,16)6-2-5-12/h1,3-4,14H,2,5-6,12H2. The normalized spacial score (nSPS) is 10.9. The van der Waals surface area contributed by atoms with E-state index in [1.54, 1.807) is 6.07 Å². The van der Waals surface area contributed by atoms with E-state index in [0.29, 0.717) is 6.42 Å². The number of hydrogen-bond donors (Lipinski definition) is 2. The fraction of sp³-hybridized carbons (Fsp3) is 0.300. The van der Waals surface area contributed by atoms with Crippen LogP contribution in [-0.4, -0.2) is 20.7 Å². The molecule has 1 rings (SSSR count). The highest BCUT2D eigenvalue weighted by atomic mass is 32.2. The average Bonchev–Trinajstić information content (AvgIpc) is 2.26. The molecule has 1 aromatic rings. The maximum atomic E-state index is 13.2. The van der Waals surface area contributed by atoms with E-state index in [0.717, 1.165) is 6.07 Å². The molecule has 0 amide bonds. The number of benzene rings is 1. The molecule has 0 aliphatic rings. The Bertz CT molecular complexity index is 537. The van der Waals surface area contributed by atoms with Crippen LogP contribution in [0, 0.1) is 17.1 Å². The van der Waals surface area contributed by atoms with Crippen molar-refractivity contribution in [3.8, 4) is 6.07 Å². The number of hydrogen-bond acceptors (Lipinski definition) is 4. The Labute approximate surface area is 99.1 Å². The highest BCUT2D eigenvalue weighted by Crippen LogP contribution is 2.19. The van der Waals surface area contributed by atoms with E-state index >= 15 is 0 Å². The van der Waals surface area contributed by atoms with E-state index in [-0.39, 0.29) is 23.5 Å². The summed E-state index contributed by atoms with van der Waals surface area (Å²) in [6, 6.07) is 5.37. The number of nitrogens with one attached hydrogen (secondary N) is 1. The van der Waals surface area contributed by atoms with E-state index in [9.17, 15) is 12.8 Å². The van der Waals surface area contributed by atoms with E-state index in [4.69, 9.17) is 11.0 Å². The maximum Gasteiger partial charge on any atom is 0.232 e. The highest BCUT2D eigenvalue weighted by Gasteiger charge is 2.14. The minimum atomic E-state index is -3.59. The number of rotatable bonds is 5. The van der Waals surface area contributed by atoms with E-state index < -0.39 is 15.8 Å². The van der Waals surface area contributed by atoms with Crippen LogP contribution in [0.4, 0.5) is 10.1 Å². The molecular weight excluding hydrogens is 245 g/mol. The Morgan fingerprint density at radius 1 is 1.47 bits per heavy atom. The van der Waals surface area contributed by atoms with Crippen LogP contribution in [0.25, 0.3) is 0 Å². The molecule has 0 saturated heterocycles. The van der Waals surface area contributed by atoms with E-state index in [1.807, 2.05) is 0 Å². The summed E-state index contributed by atoms with van der Waals surface area (Å²) in [5.74, 6) is -0.920. The van der Waals surface area contributed by atoms with Gasteiger partial charge in [-0.3, -0.25) is 4.72 Å². The summed E-state index contributed by atoms with van der Waals surface area (Å²) < 4.78 is 38.4. The molecule has 0 saturated carbocycles. The Morgan fingerprint density at radius 2 is 2.18 bits per heavy atom. The third-order valence-electron chi connectivity index (χ3n) is 2.01. The van der Waals surface area contributed by atoms with Crippen LogP contribution in [0.5, 0.6) is 0 Å². The smallest absolute Gasteiger partial charge is 0.232 e. The van der Waals surface area contributed by atoms with Crippen LogP contribution in [-0.2, 0) is 10.0 Å². The van der Waals surface area contributed by atoms with Crippen molar-refractivity contribution < 1.29 is 12.8 Å². The van der Waals surface area contributed by atoms with Gasteiger partial charge in [-0.25, -0.2) is 12.8 Å². The van der Waals surface area contributed by atoms with Crippen molar-refractivity contribution in [2.24, 2.45) is 5.73 Å². The maximum absolute atomic E-state index is 13.2. The lowest BCUT2D eigenvalue weighted by Gasteiger charge is -2.09. The van der Waals surface area contributed by atoms with Crippen LogP contribution < -0.4 is 10.5 Å². The van der Waals surface area contributed by atoms with Crippen molar-refractivity contribution in [2.75, 3.05) is 17.0 Å². The molecule has 17 heavy (non-hydrogen) atoms. The lowest BCUT2D eigenvalue weighted by molar-refractivity contribution is 0.598. The van der Waals surface area contributed by atoms with Crippen molar-refractivity contribution in [2.45, 2.75) is 6.42 Å². The number of sulfonamides is 1. The fourth-order valence-electron chi connectivity index (χ4n) is 1.21. The molecule has 0 spiro atoms. The second-order valence-electron chi connectivity index (χ2n) is 3.34. The molecule has 7 heteroatoms. The Balaban J connectivity index is 2.97. The molecule has 0 aliphatic carbocycles. The van der Waals surface area contributed by atoms with Gasteiger partial charge in [-0.1, -0.05) is 6.07 Å². The Morgan fingerprint density at radius 3 is 2.76 bits per heavy atom. The molecule has 0 bridgehead atoms. The zero-order valence-corrected chi connectivity index (χ0v) is 9.80. The van der Waals surface area contributed by atoms with Crippen LogP contribution in [0.3, 0.4) is 0 Å². The van der Waals surface area contributed by atoms with Crippen LogP contribution >= 0.6 is 0 Å². The van der Waals surface area contributed by atoms with E-state index in [2.05, 4.69) is 4.72 Å². The minimum Gasteiger partial charge on any atom is -0.330 e. The van der Waals surface area contributed by atoms with Crippen LogP contribution in [0.15, 0.2) is 18.2 Å². The van der Waals surface area contributed by atoms with Gasteiger partial charge in [0.05, 0.1) is 11.4 Å². The minimum absolute atomic E-state index is 0.0514. The first-order valence-electron chi connectivity index (χ1n) is 4.89. The topological polar surface area (TPSA) is 96.0 Å². The fourth-order valence-corrected chi connectivity index (χ4v) is 2.37. The molecule has 0 radical (unpaired) electrons. The van der Waals surface area contributed by atoms with Crippen LogP contribution in [0.2, 0.25) is 0 Å². The first-order valence-corrected chi connectivity index (χ1v) is 6.54. The van der Waals surface area contributed by atoms with Gasteiger partial charge >= 0.3 is 0 Å². The summed E-state index contributed by atoms with van der Waals surface area (Å²) in [5.41, 5.74) is 4.84. The van der Waals surface area contributed by atoms with Gasteiger partial charge in [0.15, 0.2) is 0 Å². The zero-order chi connectivity index (χ0) is 12.9. The quantitative estimate of drug-likeness (QED) is 0.815.